The van der Waals surface area contributed by atoms with Crippen molar-refractivity contribution in [3.05, 3.63) is 0 Å². The van der Waals surface area contributed by atoms with Crippen LogP contribution in [0.1, 0.15) is 65.7 Å². The molecular formula is C20H34O2. The van der Waals surface area contributed by atoms with Crippen molar-refractivity contribution in [1.29, 1.82) is 0 Å². The summed E-state index contributed by atoms with van der Waals surface area (Å²) in [5, 5.41) is 0. The van der Waals surface area contributed by atoms with E-state index < -0.39 is 0 Å². The van der Waals surface area contributed by atoms with Gasteiger partial charge in [0.2, 0.25) is 0 Å². The average Bonchev–Trinajstić information content (AvgIpc) is 3.26. The molecule has 4 rings (SSSR count). The Balaban J connectivity index is 1.42. The monoisotopic (exact) mass is 306 g/mol. The zero-order chi connectivity index (χ0) is 15.3. The van der Waals surface area contributed by atoms with Crippen molar-refractivity contribution in [3.63, 3.8) is 0 Å². The van der Waals surface area contributed by atoms with Crippen LogP contribution in [0.15, 0.2) is 0 Å². The summed E-state index contributed by atoms with van der Waals surface area (Å²) < 4.78 is 11.6. The summed E-state index contributed by atoms with van der Waals surface area (Å²) in [6.07, 6.45) is 9.86. The molecule has 1 aliphatic heterocycles. The summed E-state index contributed by atoms with van der Waals surface area (Å²) in [7, 11) is 0. The number of hydrogen-bond donors (Lipinski definition) is 0. The number of rotatable bonds is 5. The van der Waals surface area contributed by atoms with Crippen molar-refractivity contribution in [1.82, 2.24) is 0 Å². The molecule has 0 spiro atoms. The molecule has 0 aromatic carbocycles. The molecule has 7 unspecified atom stereocenters. The fourth-order valence-electron chi connectivity index (χ4n) is 7.01. The van der Waals surface area contributed by atoms with Gasteiger partial charge in [0.05, 0.1) is 13.2 Å². The maximum Gasteiger partial charge on any atom is 0.165 e. The van der Waals surface area contributed by atoms with Gasteiger partial charge in [-0.3, -0.25) is 0 Å². The zero-order valence-corrected chi connectivity index (χ0v) is 14.7. The smallest absolute Gasteiger partial charge is 0.165 e. The molecule has 126 valence electrons. The molecule has 4 aliphatic rings. The molecule has 3 aliphatic carbocycles. The van der Waals surface area contributed by atoms with E-state index in [2.05, 4.69) is 20.8 Å². The van der Waals surface area contributed by atoms with E-state index in [9.17, 15) is 0 Å². The van der Waals surface area contributed by atoms with Crippen LogP contribution in [0.3, 0.4) is 0 Å². The quantitative estimate of drug-likeness (QED) is 0.721. The van der Waals surface area contributed by atoms with Crippen LogP contribution in [0.5, 0.6) is 0 Å². The summed E-state index contributed by atoms with van der Waals surface area (Å²) in [6.45, 7) is 8.58. The highest BCUT2D eigenvalue weighted by Gasteiger charge is 2.59. The van der Waals surface area contributed by atoms with E-state index in [1.165, 1.54) is 32.1 Å². The molecule has 7 atom stereocenters. The van der Waals surface area contributed by atoms with Crippen LogP contribution >= 0.6 is 0 Å². The average molecular weight is 306 g/mol. The van der Waals surface area contributed by atoms with Crippen LogP contribution in [0.2, 0.25) is 0 Å². The molecule has 2 bridgehead atoms. The van der Waals surface area contributed by atoms with Crippen LogP contribution in [0.4, 0.5) is 0 Å². The van der Waals surface area contributed by atoms with Crippen LogP contribution in [-0.4, -0.2) is 19.0 Å². The van der Waals surface area contributed by atoms with E-state index in [0.29, 0.717) is 0 Å². The first kappa shape index (κ1) is 15.4. The Bertz CT molecular complexity index is 401. The summed E-state index contributed by atoms with van der Waals surface area (Å²) in [6, 6.07) is 0. The number of fused-ring (bicyclic) bond motifs is 5. The third-order valence-electron chi connectivity index (χ3n) is 7.88. The Morgan fingerprint density at radius 2 is 1.55 bits per heavy atom. The minimum absolute atomic E-state index is 0.271. The summed E-state index contributed by atoms with van der Waals surface area (Å²) >= 11 is 0. The van der Waals surface area contributed by atoms with Crippen LogP contribution in [0.25, 0.3) is 0 Å². The van der Waals surface area contributed by atoms with E-state index in [1.54, 1.807) is 6.42 Å². The molecule has 1 heterocycles. The Morgan fingerprint density at radius 1 is 0.864 bits per heavy atom. The number of hydrogen-bond acceptors (Lipinski definition) is 2. The van der Waals surface area contributed by atoms with Gasteiger partial charge in [0.1, 0.15) is 0 Å². The van der Waals surface area contributed by atoms with Crippen molar-refractivity contribution >= 4 is 0 Å². The second-order valence-corrected chi connectivity index (χ2v) is 8.75. The summed E-state index contributed by atoms with van der Waals surface area (Å²) in [5.41, 5.74) is 0. The predicted molar refractivity (Wildman–Crippen MR) is 88.4 cm³/mol. The van der Waals surface area contributed by atoms with E-state index in [1.807, 2.05) is 0 Å². The largest absolute Gasteiger partial charge is 0.348 e. The maximum atomic E-state index is 5.82. The molecule has 2 heteroatoms. The molecule has 0 aromatic rings. The molecule has 3 saturated carbocycles. The highest BCUT2D eigenvalue weighted by atomic mass is 16.7. The first-order valence-corrected chi connectivity index (χ1v) is 9.93. The van der Waals surface area contributed by atoms with Gasteiger partial charge in [0.25, 0.3) is 0 Å². The van der Waals surface area contributed by atoms with Gasteiger partial charge in [-0.2, -0.15) is 0 Å². The van der Waals surface area contributed by atoms with Crippen LogP contribution in [-0.2, 0) is 9.47 Å². The zero-order valence-electron chi connectivity index (χ0n) is 14.7. The summed E-state index contributed by atoms with van der Waals surface area (Å²) in [5.74, 6) is 7.00. The first-order chi connectivity index (χ1) is 10.6. The maximum absolute atomic E-state index is 5.82. The van der Waals surface area contributed by atoms with Gasteiger partial charge < -0.3 is 9.47 Å². The van der Waals surface area contributed by atoms with Gasteiger partial charge in [-0.1, -0.05) is 26.7 Å². The third kappa shape index (κ3) is 2.36. The lowest BCUT2D eigenvalue weighted by atomic mass is 9.69. The fourth-order valence-corrected chi connectivity index (χ4v) is 7.01. The lowest BCUT2D eigenvalue weighted by Crippen LogP contribution is -2.32. The van der Waals surface area contributed by atoms with Crippen LogP contribution in [0, 0.1) is 41.4 Å². The Hall–Kier alpha value is -0.0800. The van der Waals surface area contributed by atoms with Gasteiger partial charge >= 0.3 is 0 Å². The predicted octanol–water partition coefficient (Wildman–Crippen LogP) is 4.87. The molecule has 2 nitrogen and oxygen atoms in total. The highest BCUT2D eigenvalue weighted by Crippen LogP contribution is 2.66. The number of ether oxygens (including phenoxy) is 2. The van der Waals surface area contributed by atoms with E-state index in [-0.39, 0.29) is 5.79 Å². The standard InChI is InChI=1S/C20H34O2/c1-4-13-10-14(5-2)19-17-12-16(18(13)19)11-15(17)6-7-20(3)21-8-9-22-20/h13-19H,4-12H2,1-3H3. The van der Waals surface area contributed by atoms with Crippen molar-refractivity contribution in [3.8, 4) is 0 Å². The van der Waals surface area contributed by atoms with Gasteiger partial charge in [-0.25, -0.2) is 0 Å². The van der Waals surface area contributed by atoms with Gasteiger partial charge in [0, 0.05) is 6.42 Å². The minimum atomic E-state index is -0.271. The SMILES string of the molecule is CCC1CC(CC)C2C3CC(CC3CCC3(C)OCCO3)C12. The summed E-state index contributed by atoms with van der Waals surface area (Å²) in [4.78, 5) is 0. The van der Waals surface area contributed by atoms with Gasteiger partial charge in [-0.15, -0.1) is 0 Å². The Kier molecular flexibility index (Phi) is 4.05. The highest BCUT2D eigenvalue weighted by molar-refractivity contribution is 5.07. The second-order valence-electron chi connectivity index (χ2n) is 8.75. The minimum Gasteiger partial charge on any atom is -0.348 e. The lowest BCUT2D eigenvalue weighted by Gasteiger charge is -2.37. The molecule has 4 fully saturated rings. The molecule has 0 amide bonds. The fraction of sp³-hybridized carbons (Fsp3) is 1.00. The van der Waals surface area contributed by atoms with Gasteiger partial charge in [-0.05, 0) is 74.0 Å². The molecule has 0 aromatic heterocycles. The molecule has 22 heavy (non-hydrogen) atoms. The lowest BCUT2D eigenvalue weighted by molar-refractivity contribution is -0.150. The normalized spacial score (nSPS) is 49.0. The van der Waals surface area contributed by atoms with Crippen molar-refractivity contribution < 1.29 is 9.47 Å². The Labute approximate surface area is 136 Å². The topological polar surface area (TPSA) is 18.5 Å². The molecule has 1 saturated heterocycles. The van der Waals surface area contributed by atoms with Gasteiger partial charge in [0.15, 0.2) is 5.79 Å². The van der Waals surface area contributed by atoms with Crippen molar-refractivity contribution in [2.45, 2.75) is 71.5 Å². The van der Waals surface area contributed by atoms with Crippen LogP contribution < -0.4 is 0 Å². The first-order valence-electron chi connectivity index (χ1n) is 9.93. The molecule has 0 N–H and O–H groups in total. The second kappa shape index (κ2) is 5.77. The van der Waals surface area contributed by atoms with Crippen molar-refractivity contribution in [2.75, 3.05) is 13.2 Å². The third-order valence-corrected chi connectivity index (χ3v) is 7.88. The van der Waals surface area contributed by atoms with E-state index >= 15 is 0 Å². The van der Waals surface area contributed by atoms with E-state index in [0.717, 1.165) is 61.1 Å². The van der Waals surface area contributed by atoms with E-state index in [4.69, 9.17) is 9.47 Å². The molecular weight excluding hydrogens is 272 g/mol. The Morgan fingerprint density at radius 3 is 2.23 bits per heavy atom. The molecule has 0 radical (unpaired) electrons. The van der Waals surface area contributed by atoms with Crippen molar-refractivity contribution in [2.24, 2.45) is 41.4 Å².